The molecule has 0 bridgehead atoms. The molecule has 2 aromatic heterocycles. The molecule has 2 heterocycles. The predicted octanol–water partition coefficient (Wildman–Crippen LogP) is 3.14. The van der Waals surface area contributed by atoms with Gasteiger partial charge in [-0.05, 0) is 35.9 Å². The number of aromatic carboxylic acids is 1. The second kappa shape index (κ2) is 5.01. The highest BCUT2D eigenvalue weighted by Crippen LogP contribution is 2.36. The number of aldehydes is 1. The molecule has 0 saturated heterocycles. The van der Waals surface area contributed by atoms with Crippen molar-refractivity contribution in [2.24, 2.45) is 7.05 Å². The summed E-state index contributed by atoms with van der Waals surface area (Å²) in [7, 11) is 1.74. The minimum atomic E-state index is -1.05. The molecule has 0 fully saturated rings. The van der Waals surface area contributed by atoms with E-state index < -0.39 is 5.97 Å². The maximum Gasteiger partial charge on any atom is 0.338 e. The van der Waals surface area contributed by atoms with Crippen LogP contribution in [-0.4, -0.2) is 21.9 Å². The van der Waals surface area contributed by atoms with E-state index in [4.69, 9.17) is 0 Å². The van der Waals surface area contributed by atoms with Gasteiger partial charge in [0.2, 0.25) is 0 Å². The average molecular weight is 277 g/mol. The minimum absolute atomic E-state index is 0.128. The SMILES string of the molecule is CCc1c(C(=O)O)c(C=O)n(C)c1-c1sccc1C. The van der Waals surface area contributed by atoms with E-state index in [9.17, 15) is 14.7 Å². The first-order valence-electron chi connectivity index (χ1n) is 5.97. The fourth-order valence-electron chi connectivity index (χ4n) is 2.39. The lowest BCUT2D eigenvalue weighted by molar-refractivity contribution is 0.0692. The third-order valence-corrected chi connectivity index (χ3v) is 4.32. The lowest BCUT2D eigenvalue weighted by Gasteiger charge is -2.06. The van der Waals surface area contributed by atoms with Crippen LogP contribution in [0.3, 0.4) is 0 Å². The first-order chi connectivity index (χ1) is 9.02. The number of nitrogens with zero attached hydrogens (tertiary/aromatic N) is 1. The number of aromatic nitrogens is 1. The monoisotopic (exact) mass is 277 g/mol. The second-order valence-corrected chi connectivity index (χ2v) is 5.27. The lowest BCUT2D eigenvalue weighted by Crippen LogP contribution is -2.04. The van der Waals surface area contributed by atoms with E-state index in [-0.39, 0.29) is 11.3 Å². The molecule has 0 aromatic carbocycles. The van der Waals surface area contributed by atoms with Crippen LogP contribution in [0.4, 0.5) is 0 Å². The van der Waals surface area contributed by atoms with Crippen molar-refractivity contribution >= 4 is 23.6 Å². The summed E-state index contributed by atoms with van der Waals surface area (Å²) in [6.07, 6.45) is 1.20. The van der Waals surface area contributed by atoms with Crippen molar-refractivity contribution in [1.29, 1.82) is 0 Å². The van der Waals surface area contributed by atoms with Crippen molar-refractivity contribution in [1.82, 2.24) is 4.57 Å². The van der Waals surface area contributed by atoms with Gasteiger partial charge in [0, 0.05) is 7.05 Å². The molecule has 5 heteroatoms. The Bertz CT molecular complexity index is 652. The van der Waals surface area contributed by atoms with Crippen LogP contribution in [0.5, 0.6) is 0 Å². The Kier molecular flexibility index (Phi) is 3.57. The van der Waals surface area contributed by atoms with Gasteiger partial charge in [-0.2, -0.15) is 0 Å². The van der Waals surface area contributed by atoms with Gasteiger partial charge in [-0.25, -0.2) is 4.79 Å². The largest absolute Gasteiger partial charge is 0.478 e. The Labute approximate surface area is 115 Å². The highest BCUT2D eigenvalue weighted by Gasteiger charge is 2.26. The number of hydrogen-bond donors (Lipinski definition) is 1. The molecule has 0 radical (unpaired) electrons. The molecule has 0 aliphatic carbocycles. The van der Waals surface area contributed by atoms with E-state index in [1.165, 1.54) is 0 Å². The van der Waals surface area contributed by atoms with E-state index in [0.29, 0.717) is 12.7 Å². The summed E-state index contributed by atoms with van der Waals surface area (Å²) in [6, 6.07) is 1.99. The first-order valence-corrected chi connectivity index (χ1v) is 6.85. The molecule has 0 saturated carbocycles. The average Bonchev–Trinajstić information content (AvgIpc) is 2.89. The molecule has 2 aromatic rings. The first kappa shape index (κ1) is 13.5. The summed E-state index contributed by atoms with van der Waals surface area (Å²) < 4.78 is 1.69. The highest BCUT2D eigenvalue weighted by molar-refractivity contribution is 7.13. The Morgan fingerprint density at radius 3 is 2.63 bits per heavy atom. The van der Waals surface area contributed by atoms with Gasteiger partial charge in [0.25, 0.3) is 0 Å². The standard InChI is InChI=1S/C14H15NO3S/c1-4-9-11(14(17)18)10(7-16)15(3)12(9)13-8(2)5-6-19-13/h5-7H,4H2,1-3H3,(H,17,18). The van der Waals surface area contributed by atoms with E-state index in [2.05, 4.69) is 0 Å². The number of rotatable bonds is 4. The van der Waals surface area contributed by atoms with Crippen molar-refractivity contribution in [3.63, 3.8) is 0 Å². The molecule has 2 rings (SSSR count). The van der Waals surface area contributed by atoms with Gasteiger partial charge >= 0.3 is 5.97 Å². The molecule has 0 atom stereocenters. The number of carboxylic acids is 1. The molecular weight excluding hydrogens is 262 g/mol. The Morgan fingerprint density at radius 1 is 1.53 bits per heavy atom. The summed E-state index contributed by atoms with van der Waals surface area (Å²) in [4.78, 5) is 23.6. The van der Waals surface area contributed by atoms with Crippen LogP contribution in [0.1, 0.15) is 38.9 Å². The van der Waals surface area contributed by atoms with Crippen LogP contribution in [0, 0.1) is 6.92 Å². The van der Waals surface area contributed by atoms with Gasteiger partial charge in [0.15, 0.2) is 6.29 Å². The molecule has 1 N–H and O–H groups in total. The number of thiophene rings is 1. The van der Waals surface area contributed by atoms with Crippen molar-refractivity contribution < 1.29 is 14.7 Å². The fourth-order valence-corrected chi connectivity index (χ4v) is 3.42. The van der Waals surface area contributed by atoms with Gasteiger partial charge in [-0.15, -0.1) is 11.3 Å². The molecule has 0 amide bonds. The third-order valence-electron chi connectivity index (χ3n) is 3.30. The zero-order valence-electron chi connectivity index (χ0n) is 11.1. The number of carbonyl (C=O) groups is 2. The summed E-state index contributed by atoms with van der Waals surface area (Å²) >= 11 is 1.56. The number of carboxylic acid groups (broad SMARTS) is 1. The van der Waals surface area contributed by atoms with E-state index in [1.807, 2.05) is 25.3 Å². The van der Waals surface area contributed by atoms with E-state index >= 15 is 0 Å². The summed E-state index contributed by atoms with van der Waals surface area (Å²) in [6.45, 7) is 3.89. The second-order valence-electron chi connectivity index (χ2n) is 4.36. The van der Waals surface area contributed by atoms with Crippen molar-refractivity contribution in [3.05, 3.63) is 33.8 Å². The number of carbonyl (C=O) groups excluding carboxylic acids is 1. The van der Waals surface area contributed by atoms with Crippen molar-refractivity contribution in [2.75, 3.05) is 0 Å². The molecule has 19 heavy (non-hydrogen) atoms. The predicted molar refractivity (Wildman–Crippen MR) is 75.2 cm³/mol. The Hall–Kier alpha value is -1.88. The Morgan fingerprint density at radius 2 is 2.21 bits per heavy atom. The van der Waals surface area contributed by atoms with E-state index in [0.717, 1.165) is 21.7 Å². The van der Waals surface area contributed by atoms with Crippen molar-refractivity contribution in [3.8, 4) is 10.6 Å². The molecule has 0 unspecified atom stereocenters. The van der Waals surface area contributed by atoms with Crippen LogP contribution in [-0.2, 0) is 13.5 Å². The number of aryl methyl sites for hydroxylation is 1. The molecule has 4 nitrogen and oxygen atoms in total. The lowest BCUT2D eigenvalue weighted by atomic mass is 10.0. The smallest absolute Gasteiger partial charge is 0.338 e. The van der Waals surface area contributed by atoms with Crippen molar-refractivity contribution in [2.45, 2.75) is 20.3 Å². The van der Waals surface area contributed by atoms with Gasteiger partial charge < -0.3 is 9.67 Å². The summed E-state index contributed by atoms with van der Waals surface area (Å²) in [5.74, 6) is -1.05. The maximum atomic E-state index is 11.4. The van der Waals surface area contributed by atoms with Gasteiger partial charge in [-0.3, -0.25) is 4.79 Å². The van der Waals surface area contributed by atoms with Crippen LogP contribution >= 0.6 is 11.3 Å². The zero-order chi connectivity index (χ0) is 14.2. The van der Waals surface area contributed by atoms with Crippen LogP contribution < -0.4 is 0 Å². The highest BCUT2D eigenvalue weighted by atomic mass is 32.1. The van der Waals surface area contributed by atoms with Crippen LogP contribution in [0.2, 0.25) is 0 Å². The Balaban J connectivity index is 2.85. The maximum absolute atomic E-state index is 11.4. The zero-order valence-corrected chi connectivity index (χ0v) is 11.9. The summed E-state index contributed by atoms with van der Waals surface area (Å²) in [5, 5.41) is 11.3. The molecule has 0 aliphatic heterocycles. The van der Waals surface area contributed by atoms with Gasteiger partial charge in [0.05, 0.1) is 21.8 Å². The van der Waals surface area contributed by atoms with Crippen LogP contribution in [0.25, 0.3) is 10.6 Å². The van der Waals surface area contributed by atoms with Gasteiger partial charge in [0.1, 0.15) is 0 Å². The third kappa shape index (κ3) is 2.00. The molecule has 100 valence electrons. The van der Waals surface area contributed by atoms with E-state index in [1.54, 1.807) is 23.0 Å². The molecular formula is C14H15NO3S. The summed E-state index contributed by atoms with van der Waals surface area (Å²) in [5.41, 5.74) is 3.02. The fraction of sp³-hybridized carbons (Fsp3) is 0.286. The molecule has 0 spiro atoms. The normalized spacial score (nSPS) is 10.7. The van der Waals surface area contributed by atoms with Crippen LogP contribution in [0.15, 0.2) is 11.4 Å². The topological polar surface area (TPSA) is 59.3 Å². The number of hydrogen-bond acceptors (Lipinski definition) is 3. The minimum Gasteiger partial charge on any atom is -0.478 e. The quantitative estimate of drug-likeness (QED) is 0.873. The molecule has 0 aliphatic rings. The van der Waals surface area contributed by atoms with Gasteiger partial charge in [-0.1, -0.05) is 6.92 Å².